The smallest absolute Gasteiger partial charge is 0.247 e. The number of aromatic hydroxyl groups is 1. The Balaban J connectivity index is 2.08. The van der Waals surface area contributed by atoms with Crippen LogP contribution in [0.1, 0.15) is 50.6 Å². The van der Waals surface area contributed by atoms with Gasteiger partial charge in [0.05, 0.1) is 13.2 Å². The maximum absolute atomic E-state index is 12.3. The van der Waals surface area contributed by atoms with Crippen molar-refractivity contribution in [2.75, 3.05) is 7.11 Å². The molecule has 1 amide bonds. The summed E-state index contributed by atoms with van der Waals surface area (Å²) in [6.07, 6.45) is 7.26. The summed E-state index contributed by atoms with van der Waals surface area (Å²) in [5, 5.41) is 12.9. The number of rotatable bonds is 4. The maximum atomic E-state index is 12.3. The third-order valence-electron chi connectivity index (χ3n) is 3.88. The van der Waals surface area contributed by atoms with Gasteiger partial charge in [0.2, 0.25) is 5.91 Å². The second kappa shape index (κ2) is 7.16. The average molecular weight is 289 g/mol. The molecule has 4 heteroatoms. The molecule has 0 aromatic heterocycles. The number of phenols is 1. The van der Waals surface area contributed by atoms with Crippen molar-refractivity contribution >= 4 is 5.91 Å². The molecule has 4 nitrogen and oxygen atoms in total. The van der Waals surface area contributed by atoms with E-state index in [9.17, 15) is 9.90 Å². The van der Waals surface area contributed by atoms with E-state index in [-0.39, 0.29) is 17.7 Å². The molecular formula is C17H23NO3. The Labute approximate surface area is 125 Å². The molecule has 0 spiro atoms. The van der Waals surface area contributed by atoms with E-state index in [1.165, 1.54) is 6.42 Å². The first-order chi connectivity index (χ1) is 10.1. The van der Waals surface area contributed by atoms with Gasteiger partial charge in [-0.05, 0) is 50.8 Å². The van der Waals surface area contributed by atoms with Crippen molar-refractivity contribution in [1.82, 2.24) is 5.32 Å². The van der Waals surface area contributed by atoms with Gasteiger partial charge in [-0.2, -0.15) is 0 Å². The highest BCUT2D eigenvalue weighted by atomic mass is 16.5. The van der Waals surface area contributed by atoms with Crippen LogP contribution in [-0.4, -0.2) is 18.1 Å². The number of carbonyl (C=O) groups excluding carboxylic acids is 1. The minimum atomic E-state index is -0.267. The van der Waals surface area contributed by atoms with Crippen LogP contribution in [-0.2, 0) is 4.79 Å². The van der Waals surface area contributed by atoms with Gasteiger partial charge in [0.25, 0.3) is 0 Å². The molecule has 1 aromatic rings. The van der Waals surface area contributed by atoms with Gasteiger partial charge in [0.1, 0.15) is 11.5 Å². The minimum absolute atomic E-state index is 0.0355. The van der Waals surface area contributed by atoms with Crippen LogP contribution in [0.15, 0.2) is 29.8 Å². The summed E-state index contributed by atoms with van der Waals surface area (Å²) in [5.74, 6) is 0.794. The van der Waals surface area contributed by atoms with E-state index >= 15 is 0 Å². The summed E-state index contributed by atoms with van der Waals surface area (Å²) in [6.45, 7) is 1.86. The zero-order valence-corrected chi connectivity index (χ0v) is 12.7. The summed E-state index contributed by atoms with van der Waals surface area (Å²) in [7, 11) is 1.58. The quantitative estimate of drug-likeness (QED) is 0.892. The van der Waals surface area contributed by atoms with Crippen LogP contribution >= 0.6 is 0 Å². The molecule has 2 N–H and O–H groups in total. The van der Waals surface area contributed by atoms with Crippen LogP contribution in [0.4, 0.5) is 0 Å². The molecule has 0 fully saturated rings. The second-order valence-electron chi connectivity index (χ2n) is 5.45. The van der Waals surface area contributed by atoms with Gasteiger partial charge >= 0.3 is 0 Å². The highest BCUT2D eigenvalue weighted by Gasteiger charge is 2.17. The number of phenolic OH excluding ortho intramolecular Hbond substituents is 1. The summed E-state index contributed by atoms with van der Waals surface area (Å²) >= 11 is 0. The van der Waals surface area contributed by atoms with E-state index in [0.717, 1.165) is 31.3 Å². The van der Waals surface area contributed by atoms with E-state index in [4.69, 9.17) is 4.74 Å². The Morgan fingerprint density at radius 2 is 2.14 bits per heavy atom. The SMILES string of the molecule is COc1ccc(O)c(C(C)NC(=O)C2=CCCCCC2)c1. The average Bonchev–Trinajstić information content (AvgIpc) is 2.76. The molecule has 0 heterocycles. The van der Waals surface area contributed by atoms with Crippen molar-refractivity contribution in [1.29, 1.82) is 0 Å². The van der Waals surface area contributed by atoms with Gasteiger partial charge < -0.3 is 15.2 Å². The first-order valence-electron chi connectivity index (χ1n) is 7.48. The Morgan fingerprint density at radius 3 is 2.90 bits per heavy atom. The van der Waals surface area contributed by atoms with Crippen molar-refractivity contribution < 1.29 is 14.6 Å². The van der Waals surface area contributed by atoms with Crippen LogP contribution in [0, 0.1) is 0 Å². The van der Waals surface area contributed by atoms with Crippen molar-refractivity contribution in [2.24, 2.45) is 0 Å². The number of carbonyl (C=O) groups is 1. The van der Waals surface area contributed by atoms with Gasteiger partial charge in [-0.25, -0.2) is 0 Å². The van der Waals surface area contributed by atoms with E-state index in [1.54, 1.807) is 25.3 Å². The fourth-order valence-electron chi connectivity index (χ4n) is 2.59. The topological polar surface area (TPSA) is 58.6 Å². The summed E-state index contributed by atoms with van der Waals surface area (Å²) in [6, 6.07) is 4.77. The molecule has 1 aromatic carbocycles. The van der Waals surface area contributed by atoms with Crippen LogP contribution in [0.2, 0.25) is 0 Å². The number of hydrogen-bond acceptors (Lipinski definition) is 3. The van der Waals surface area contributed by atoms with E-state index in [2.05, 4.69) is 5.32 Å². The first-order valence-corrected chi connectivity index (χ1v) is 7.48. The van der Waals surface area contributed by atoms with Crippen molar-refractivity contribution in [2.45, 2.75) is 45.1 Å². The molecule has 1 aliphatic carbocycles. The molecule has 1 unspecified atom stereocenters. The molecule has 1 aliphatic rings. The molecule has 0 saturated heterocycles. The third-order valence-corrected chi connectivity index (χ3v) is 3.88. The van der Waals surface area contributed by atoms with Crippen LogP contribution in [0.5, 0.6) is 11.5 Å². The molecule has 114 valence electrons. The lowest BCUT2D eigenvalue weighted by Crippen LogP contribution is -2.28. The van der Waals surface area contributed by atoms with Gasteiger partial charge in [0, 0.05) is 11.1 Å². The van der Waals surface area contributed by atoms with Gasteiger partial charge in [-0.15, -0.1) is 0 Å². The van der Waals surface area contributed by atoms with Gasteiger partial charge in [-0.1, -0.05) is 12.5 Å². The number of benzene rings is 1. The molecule has 0 radical (unpaired) electrons. The number of ether oxygens (including phenoxy) is 1. The van der Waals surface area contributed by atoms with Crippen molar-refractivity contribution in [3.8, 4) is 11.5 Å². The van der Waals surface area contributed by atoms with Crippen molar-refractivity contribution in [3.63, 3.8) is 0 Å². The number of amides is 1. The molecule has 2 rings (SSSR count). The number of allylic oxidation sites excluding steroid dienone is 1. The number of hydrogen-bond donors (Lipinski definition) is 2. The molecule has 0 saturated carbocycles. The lowest BCUT2D eigenvalue weighted by Gasteiger charge is -2.17. The molecule has 0 aliphatic heterocycles. The summed E-state index contributed by atoms with van der Waals surface area (Å²) in [4.78, 5) is 12.3. The summed E-state index contributed by atoms with van der Waals surface area (Å²) in [5.41, 5.74) is 1.53. The van der Waals surface area contributed by atoms with Crippen LogP contribution in [0.3, 0.4) is 0 Å². The third kappa shape index (κ3) is 4.00. The van der Waals surface area contributed by atoms with E-state index < -0.39 is 0 Å². The Morgan fingerprint density at radius 1 is 1.33 bits per heavy atom. The fraction of sp³-hybridized carbons (Fsp3) is 0.471. The largest absolute Gasteiger partial charge is 0.508 e. The molecule has 1 atom stereocenters. The molecule has 21 heavy (non-hydrogen) atoms. The zero-order chi connectivity index (χ0) is 15.2. The van der Waals surface area contributed by atoms with Gasteiger partial charge in [-0.3, -0.25) is 4.79 Å². The predicted molar refractivity (Wildman–Crippen MR) is 82.4 cm³/mol. The minimum Gasteiger partial charge on any atom is -0.508 e. The fourth-order valence-corrected chi connectivity index (χ4v) is 2.59. The number of methoxy groups -OCH3 is 1. The normalized spacial score (nSPS) is 16.6. The number of nitrogens with one attached hydrogen (secondary N) is 1. The lowest BCUT2D eigenvalue weighted by molar-refractivity contribution is -0.118. The van der Waals surface area contributed by atoms with Crippen LogP contribution in [0.25, 0.3) is 0 Å². The highest BCUT2D eigenvalue weighted by molar-refractivity contribution is 5.93. The summed E-state index contributed by atoms with van der Waals surface area (Å²) < 4.78 is 5.16. The maximum Gasteiger partial charge on any atom is 0.247 e. The van der Waals surface area contributed by atoms with Crippen molar-refractivity contribution in [3.05, 3.63) is 35.4 Å². The van der Waals surface area contributed by atoms with Gasteiger partial charge in [0.15, 0.2) is 0 Å². The predicted octanol–water partition coefficient (Wildman–Crippen LogP) is 3.47. The van der Waals surface area contributed by atoms with Crippen LogP contribution < -0.4 is 10.1 Å². The second-order valence-corrected chi connectivity index (χ2v) is 5.45. The van der Waals surface area contributed by atoms with E-state index in [1.807, 2.05) is 13.0 Å². The Bertz CT molecular complexity index is 537. The lowest BCUT2D eigenvalue weighted by atomic mass is 10.0. The Hall–Kier alpha value is -1.97. The Kier molecular flexibility index (Phi) is 5.26. The molecular weight excluding hydrogens is 266 g/mol. The van der Waals surface area contributed by atoms with E-state index in [0.29, 0.717) is 11.3 Å². The first kappa shape index (κ1) is 15.4. The standard InChI is InChI=1S/C17H23NO3/c1-12(15-11-14(21-2)9-10-16(15)19)18-17(20)13-7-5-3-4-6-8-13/h7,9-12,19H,3-6,8H2,1-2H3,(H,18,20). The molecule has 0 bridgehead atoms. The zero-order valence-electron chi connectivity index (χ0n) is 12.7. The highest BCUT2D eigenvalue weighted by Crippen LogP contribution is 2.28. The monoisotopic (exact) mass is 289 g/mol.